The predicted octanol–water partition coefficient (Wildman–Crippen LogP) is 2.53. The summed E-state index contributed by atoms with van der Waals surface area (Å²) in [6.07, 6.45) is -1.77. The number of likely N-dealkylation sites (tertiary alicyclic amines) is 1. The van der Waals surface area contributed by atoms with Gasteiger partial charge in [-0.15, -0.1) is 0 Å². The van der Waals surface area contributed by atoms with Crippen LogP contribution in [0.15, 0.2) is 0 Å². The molecule has 0 aromatic carbocycles. The Bertz CT molecular complexity index is 212. The number of nitrogens with zero attached hydrogens (tertiary/aromatic N) is 1. The van der Waals surface area contributed by atoms with Crippen LogP contribution in [-0.4, -0.2) is 36.2 Å². The highest BCUT2D eigenvalue weighted by atomic mass is 19.4. The van der Waals surface area contributed by atoms with Crippen LogP contribution in [0.2, 0.25) is 0 Å². The van der Waals surface area contributed by atoms with Gasteiger partial charge in [0.25, 0.3) is 0 Å². The maximum absolute atomic E-state index is 12.1. The number of hydrogen-bond donors (Lipinski definition) is 1. The lowest BCUT2D eigenvalue weighted by atomic mass is 9.93. The van der Waals surface area contributed by atoms with E-state index in [2.05, 4.69) is 4.90 Å². The first-order chi connectivity index (χ1) is 7.37. The van der Waals surface area contributed by atoms with Crippen molar-refractivity contribution in [3.63, 3.8) is 0 Å². The predicted molar refractivity (Wildman–Crippen MR) is 58.2 cm³/mol. The second-order valence-corrected chi connectivity index (χ2v) is 4.86. The van der Waals surface area contributed by atoms with Crippen LogP contribution in [0, 0.1) is 0 Å². The SMILES string of the molecule is CC(CN)(CCCC(F)(F)F)N1CCCC1. The highest BCUT2D eigenvalue weighted by Crippen LogP contribution is 2.29. The van der Waals surface area contributed by atoms with Gasteiger partial charge in [-0.05, 0) is 45.7 Å². The quantitative estimate of drug-likeness (QED) is 0.797. The molecule has 1 aliphatic rings. The Morgan fingerprint density at radius 2 is 1.69 bits per heavy atom. The highest BCUT2D eigenvalue weighted by Gasteiger charge is 2.34. The highest BCUT2D eigenvalue weighted by molar-refractivity contribution is 4.89. The van der Waals surface area contributed by atoms with E-state index in [0.717, 1.165) is 25.9 Å². The number of nitrogens with two attached hydrogens (primary N) is 1. The summed E-state index contributed by atoms with van der Waals surface area (Å²) in [6.45, 7) is 4.36. The molecule has 96 valence electrons. The molecule has 1 saturated heterocycles. The van der Waals surface area contributed by atoms with E-state index >= 15 is 0 Å². The molecule has 1 rings (SSSR count). The first-order valence-corrected chi connectivity index (χ1v) is 5.89. The van der Waals surface area contributed by atoms with Crippen molar-refractivity contribution >= 4 is 0 Å². The standard InChI is InChI=1S/C11H21F3N2/c1-10(9-15,16-7-2-3-8-16)5-4-6-11(12,13)14/h2-9,15H2,1H3. The summed E-state index contributed by atoms with van der Waals surface area (Å²) in [6, 6.07) is 0. The average molecular weight is 238 g/mol. The fourth-order valence-electron chi connectivity index (χ4n) is 2.32. The molecular weight excluding hydrogens is 217 g/mol. The van der Waals surface area contributed by atoms with Gasteiger partial charge >= 0.3 is 6.18 Å². The zero-order valence-corrected chi connectivity index (χ0v) is 9.82. The van der Waals surface area contributed by atoms with Gasteiger partial charge in [0.15, 0.2) is 0 Å². The zero-order chi connectivity index (χ0) is 12.2. The van der Waals surface area contributed by atoms with E-state index in [-0.39, 0.29) is 12.0 Å². The maximum Gasteiger partial charge on any atom is 0.389 e. The molecule has 1 fully saturated rings. The molecule has 0 aromatic rings. The molecule has 0 aliphatic carbocycles. The number of alkyl halides is 3. The van der Waals surface area contributed by atoms with E-state index in [4.69, 9.17) is 5.73 Å². The minimum absolute atomic E-state index is 0.174. The van der Waals surface area contributed by atoms with Crippen molar-refractivity contribution in [1.29, 1.82) is 0 Å². The normalized spacial score (nSPS) is 22.3. The molecule has 2 nitrogen and oxygen atoms in total. The van der Waals surface area contributed by atoms with Crippen molar-refractivity contribution in [3.05, 3.63) is 0 Å². The lowest BCUT2D eigenvalue weighted by Crippen LogP contribution is -2.50. The molecule has 1 unspecified atom stereocenters. The summed E-state index contributed by atoms with van der Waals surface area (Å²) in [4.78, 5) is 2.24. The van der Waals surface area contributed by atoms with Crippen LogP contribution in [0.3, 0.4) is 0 Å². The molecule has 5 heteroatoms. The lowest BCUT2D eigenvalue weighted by molar-refractivity contribution is -0.136. The Kier molecular flexibility index (Phi) is 4.62. The van der Waals surface area contributed by atoms with Gasteiger partial charge in [0.05, 0.1) is 0 Å². The molecule has 1 aliphatic heterocycles. The summed E-state index contributed by atoms with van der Waals surface area (Å²) in [5, 5.41) is 0. The van der Waals surface area contributed by atoms with Crippen molar-refractivity contribution in [2.75, 3.05) is 19.6 Å². The Balaban J connectivity index is 2.40. The van der Waals surface area contributed by atoms with Gasteiger partial charge in [0, 0.05) is 18.5 Å². The van der Waals surface area contributed by atoms with Crippen LogP contribution < -0.4 is 5.73 Å². The van der Waals surface area contributed by atoms with Gasteiger partial charge in [0.2, 0.25) is 0 Å². The zero-order valence-electron chi connectivity index (χ0n) is 9.82. The Morgan fingerprint density at radius 1 is 1.12 bits per heavy atom. The van der Waals surface area contributed by atoms with Crippen molar-refractivity contribution in [2.24, 2.45) is 5.73 Å². The van der Waals surface area contributed by atoms with Crippen LogP contribution in [0.25, 0.3) is 0 Å². The fraction of sp³-hybridized carbons (Fsp3) is 1.00. The molecule has 0 aromatic heterocycles. The van der Waals surface area contributed by atoms with E-state index < -0.39 is 12.6 Å². The van der Waals surface area contributed by atoms with Gasteiger partial charge in [-0.25, -0.2) is 0 Å². The van der Waals surface area contributed by atoms with Crippen LogP contribution in [0.4, 0.5) is 13.2 Å². The molecule has 0 saturated carbocycles. The molecule has 1 atom stereocenters. The molecule has 2 N–H and O–H groups in total. The molecule has 0 spiro atoms. The Hall–Kier alpha value is -0.290. The lowest BCUT2D eigenvalue weighted by Gasteiger charge is -2.38. The molecule has 16 heavy (non-hydrogen) atoms. The Labute approximate surface area is 95.0 Å². The summed E-state index contributed by atoms with van der Waals surface area (Å²) >= 11 is 0. The number of rotatable bonds is 5. The largest absolute Gasteiger partial charge is 0.389 e. The summed E-state index contributed by atoms with van der Waals surface area (Å²) in [5.41, 5.74) is 5.47. The molecule has 0 radical (unpaired) electrons. The van der Waals surface area contributed by atoms with Crippen molar-refractivity contribution in [1.82, 2.24) is 4.90 Å². The summed E-state index contributed by atoms with van der Waals surface area (Å²) in [5.74, 6) is 0. The minimum Gasteiger partial charge on any atom is -0.329 e. The number of hydrogen-bond acceptors (Lipinski definition) is 2. The topological polar surface area (TPSA) is 29.3 Å². The Morgan fingerprint density at radius 3 is 2.12 bits per heavy atom. The molecular formula is C11H21F3N2. The van der Waals surface area contributed by atoms with E-state index in [0.29, 0.717) is 13.0 Å². The van der Waals surface area contributed by atoms with Gasteiger partial charge in [0.1, 0.15) is 0 Å². The fourth-order valence-corrected chi connectivity index (χ4v) is 2.32. The van der Waals surface area contributed by atoms with Gasteiger partial charge in [-0.3, -0.25) is 4.90 Å². The van der Waals surface area contributed by atoms with E-state index in [1.807, 2.05) is 6.92 Å². The van der Waals surface area contributed by atoms with Gasteiger partial charge in [-0.1, -0.05) is 0 Å². The molecule has 0 bridgehead atoms. The smallest absolute Gasteiger partial charge is 0.329 e. The van der Waals surface area contributed by atoms with Crippen LogP contribution in [0.1, 0.15) is 39.0 Å². The van der Waals surface area contributed by atoms with Crippen molar-refractivity contribution in [3.8, 4) is 0 Å². The van der Waals surface area contributed by atoms with Crippen LogP contribution >= 0.6 is 0 Å². The maximum atomic E-state index is 12.1. The summed E-state index contributed by atoms with van der Waals surface area (Å²) < 4.78 is 36.2. The van der Waals surface area contributed by atoms with E-state index in [1.165, 1.54) is 0 Å². The first-order valence-electron chi connectivity index (χ1n) is 5.89. The average Bonchev–Trinajstić information content (AvgIpc) is 2.68. The molecule has 1 heterocycles. The first kappa shape index (κ1) is 13.8. The van der Waals surface area contributed by atoms with Crippen LogP contribution in [-0.2, 0) is 0 Å². The summed E-state index contributed by atoms with van der Waals surface area (Å²) in [7, 11) is 0. The minimum atomic E-state index is -4.04. The third kappa shape index (κ3) is 3.94. The van der Waals surface area contributed by atoms with E-state index in [1.54, 1.807) is 0 Å². The van der Waals surface area contributed by atoms with Crippen molar-refractivity contribution in [2.45, 2.75) is 50.7 Å². The molecule has 0 amide bonds. The van der Waals surface area contributed by atoms with E-state index in [9.17, 15) is 13.2 Å². The van der Waals surface area contributed by atoms with Gasteiger partial charge in [-0.2, -0.15) is 13.2 Å². The van der Waals surface area contributed by atoms with Gasteiger partial charge < -0.3 is 5.73 Å². The number of halogens is 3. The monoisotopic (exact) mass is 238 g/mol. The third-order valence-electron chi connectivity index (χ3n) is 3.48. The third-order valence-corrected chi connectivity index (χ3v) is 3.48. The van der Waals surface area contributed by atoms with Crippen molar-refractivity contribution < 1.29 is 13.2 Å². The second kappa shape index (κ2) is 5.36. The second-order valence-electron chi connectivity index (χ2n) is 4.86. The van der Waals surface area contributed by atoms with Crippen LogP contribution in [0.5, 0.6) is 0 Å².